The molecule has 4 atom stereocenters. The molecular weight excluding hydrogens is 646 g/mol. The summed E-state index contributed by atoms with van der Waals surface area (Å²) in [4.78, 5) is 33.6. The van der Waals surface area contributed by atoms with E-state index in [0.29, 0.717) is 34.2 Å². The second-order valence-electron chi connectivity index (χ2n) is 9.61. The quantitative estimate of drug-likeness (QED) is 0.0661. The SMILES string of the molecule is CCOc1cc2ncc(C#N)c(Nc3ccc(F)c(Cl)c3)c2cc1NC(=O)/C=C/CNC(=O)CO/N=C/C(F)C(O)C(O)C(O)CO. The van der Waals surface area contributed by atoms with Gasteiger partial charge in [-0.05, 0) is 31.2 Å². The molecule has 0 aliphatic carbocycles. The molecule has 47 heavy (non-hydrogen) atoms. The van der Waals surface area contributed by atoms with E-state index in [4.69, 9.17) is 21.4 Å². The van der Waals surface area contributed by atoms with Gasteiger partial charge in [0.15, 0.2) is 12.8 Å². The molecule has 4 unspecified atom stereocenters. The van der Waals surface area contributed by atoms with Crippen molar-refractivity contribution in [1.82, 2.24) is 10.3 Å². The summed E-state index contributed by atoms with van der Waals surface area (Å²) in [7, 11) is 0. The first-order chi connectivity index (χ1) is 22.5. The lowest BCUT2D eigenvalue weighted by atomic mass is 10.1. The minimum Gasteiger partial charge on any atom is -0.492 e. The van der Waals surface area contributed by atoms with Crippen LogP contribution in [0.5, 0.6) is 5.75 Å². The number of aliphatic hydroxyl groups is 4. The number of rotatable bonds is 16. The molecule has 14 nitrogen and oxygen atoms in total. The Labute approximate surface area is 271 Å². The number of nitrogens with zero attached hydrogens (tertiary/aromatic N) is 3. The molecule has 0 aliphatic heterocycles. The molecule has 3 aromatic rings. The van der Waals surface area contributed by atoms with Crippen molar-refractivity contribution in [3.05, 3.63) is 65.1 Å². The number of aliphatic hydroxyl groups excluding tert-OH is 4. The highest BCUT2D eigenvalue weighted by molar-refractivity contribution is 6.31. The first kappa shape index (κ1) is 36.5. The number of nitrogens with one attached hydrogen (secondary N) is 3. The average molecular weight is 677 g/mol. The van der Waals surface area contributed by atoms with Crippen LogP contribution in [0, 0.1) is 17.1 Å². The second-order valence-corrected chi connectivity index (χ2v) is 10.0. The number of benzene rings is 2. The van der Waals surface area contributed by atoms with Crippen LogP contribution in [0.15, 0.2) is 53.8 Å². The fourth-order valence-corrected chi connectivity index (χ4v) is 4.08. The number of fused-ring (bicyclic) bond motifs is 1. The van der Waals surface area contributed by atoms with Gasteiger partial charge in [-0.1, -0.05) is 22.8 Å². The van der Waals surface area contributed by atoms with Crippen molar-refractivity contribution in [1.29, 1.82) is 5.26 Å². The monoisotopic (exact) mass is 676 g/mol. The van der Waals surface area contributed by atoms with Crippen LogP contribution in [0.2, 0.25) is 5.02 Å². The van der Waals surface area contributed by atoms with Crippen LogP contribution < -0.4 is 20.7 Å². The topological polar surface area (TPSA) is 219 Å². The van der Waals surface area contributed by atoms with Gasteiger partial charge in [0.2, 0.25) is 5.91 Å². The van der Waals surface area contributed by atoms with Crippen molar-refractivity contribution in [2.24, 2.45) is 5.16 Å². The maximum atomic E-state index is 13.8. The molecule has 0 fully saturated rings. The van der Waals surface area contributed by atoms with Crippen molar-refractivity contribution in [2.45, 2.75) is 31.4 Å². The zero-order chi connectivity index (χ0) is 34.5. The van der Waals surface area contributed by atoms with Crippen LogP contribution in [0.25, 0.3) is 10.9 Å². The van der Waals surface area contributed by atoms with Gasteiger partial charge in [0.05, 0.1) is 46.9 Å². The molecular formula is C30H31ClF2N6O8. The van der Waals surface area contributed by atoms with Crippen LogP contribution in [0.4, 0.5) is 25.8 Å². The Balaban J connectivity index is 1.63. The van der Waals surface area contributed by atoms with Gasteiger partial charge >= 0.3 is 0 Å². The molecule has 2 amide bonds. The van der Waals surface area contributed by atoms with Gasteiger partial charge < -0.3 is 46.0 Å². The number of nitriles is 1. The molecule has 17 heteroatoms. The fourth-order valence-electron chi connectivity index (χ4n) is 3.90. The van der Waals surface area contributed by atoms with Gasteiger partial charge in [0.25, 0.3) is 5.91 Å². The van der Waals surface area contributed by atoms with Crippen molar-refractivity contribution in [3.8, 4) is 11.8 Å². The fraction of sp³-hybridized carbons (Fsp3) is 0.300. The van der Waals surface area contributed by atoms with E-state index < -0.39 is 55.3 Å². The Kier molecular flexibility index (Phi) is 13.8. The van der Waals surface area contributed by atoms with E-state index in [1.165, 1.54) is 30.5 Å². The van der Waals surface area contributed by atoms with Gasteiger partial charge in [0, 0.05) is 36.0 Å². The normalized spacial score (nSPS) is 13.9. The smallest absolute Gasteiger partial charge is 0.261 e. The van der Waals surface area contributed by atoms with E-state index in [0.717, 1.165) is 6.08 Å². The lowest BCUT2D eigenvalue weighted by molar-refractivity contribution is -0.125. The Morgan fingerprint density at radius 2 is 1.98 bits per heavy atom. The minimum absolute atomic E-state index is 0.102. The summed E-state index contributed by atoms with van der Waals surface area (Å²) < 4.78 is 33.2. The summed E-state index contributed by atoms with van der Waals surface area (Å²) in [5, 5.41) is 58.4. The predicted octanol–water partition coefficient (Wildman–Crippen LogP) is 2.07. The number of halogens is 3. The average Bonchev–Trinajstić information content (AvgIpc) is 3.06. The number of pyridine rings is 1. The zero-order valence-electron chi connectivity index (χ0n) is 24.7. The van der Waals surface area contributed by atoms with Crippen molar-refractivity contribution in [2.75, 3.05) is 37.0 Å². The molecule has 250 valence electrons. The molecule has 3 rings (SSSR count). The highest BCUT2D eigenvalue weighted by Gasteiger charge is 2.30. The molecule has 1 heterocycles. The van der Waals surface area contributed by atoms with Crippen molar-refractivity contribution >= 4 is 57.6 Å². The van der Waals surface area contributed by atoms with Crippen molar-refractivity contribution in [3.63, 3.8) is 0 Å². The predicted molar refractivity (Wildman–Crippen MR) is 168 cm³/mol. The minimum atomic E-state index is -2.26. The van der Waals surface area contributed by atoms with Crippen LogP contribution in [-0.2, 0) is 14.4 Å². The zero-order valence-corrected chi connectivity index (χ0v) is 25.5. The maximum Gasteiger partial charge on any atom is 0.261 e. The van der Waals surface area contributed by atoms with Crippen LogP contribution in [-0.4, -0.2) is 94.3 Å². The summed E-state index contributed by atoms with van der Waals surface area (Å²) in [5.41, 5.74) is 1.59. The first-order valence-electron chi connectivity index (χ1n) is 13.9. The summed E-state index contributed by atoms with van der Waals surface area (Å²) in [6.07, 6.45) is -3.80. The molecule has 1 aromatic heterocycles. The number of carbonyl (C=O) groups excluding carboxylic acids is 2. The van der Waals surface area contributed by atoms with Gasteiger partial charge in [-0.3, -0.25) is 14.6 Å². The molecule has 0 spiro atoms. The van der Waals surface area contributed by atoms with Gasteiger partial charge in [-0.15, -0.1) is 0 Å². The lowest BCUT2D eigenvalue weighted by Gasteiger charge is -2.22. The third-order valence-corrected chi connectivity index (χ3v) is 6.54. The van der Waals surface area contributed by atoms with E-state index in [1.807, 2.05) is 6.07 Å². The van der Waals surface area contributed by atoms with Crippen LogP contribution in [0.3, 0.4) is 0 Å². The molecule has 0 bridgehead atoms. The van der Waals surface area contributed by atoms with E-state index in [2.05, 4.69) is 30.9 Å². The van der Waals surface area contributed by atoms with Gasteiger partial charge in [-0.2, -0.15) is 5.26 Å². The number of alkyl halides is 1. The third-order valence-electron chi connectivity index (χ3n) is 6.25. The lowest BCUT2D eigenvalue weighted by Crippen LogP contribution is -2.44. The number of ether oxygens (including phenoxy) is 1. The third kappa shape index (κ3) is 10.3. The standard InChI is InChI=1S/C30H31ClF2N6O8/c1-2-46-25-10-22-18(28(16(11-34)12-36-22)38-17-5-6-20(32)19(31)8-17)9-23(25)39-26(42)4-3-7-35-27(43)15-47-37-13-21(33)29(44)30(45)24(41)14-40/h3-6,8-10,12-13,21,24,29-30,40-41,44-45H,2,7,14-15H2,1H3,(H,35,43)(H,36,38)(H,39,42)/b4-3+,37-13+. The number of carbonyl (C=O) groups is 2. The molecule has 7 N–H and O–H groups in total. The Hall–Kier alpha value is -4.92. The van der Waals surface area contributed by atoms with Crippen LogP contribution >= 0.6 is 11.6 Å². The summed E-state index contributed by atoms with van der Waals surface area (Å²) in [5.74, 6) is -1.59. The Bertz CT molecular complexity index is 1670. The van der Waals surface area contributed by atoms with Gasteiger partial charge in [0.1, 0.15) is 35.9 Å². The Morgan fingerprint density at radius 1 is 1.21 bits per heavy atom. The number of anilines is 3. The highest BCUT2D eigenvalue weighted by atomic mass is 35.5. The molecule has 0 aliphatic rings. The number of oxime groups is 1. The highest BCUT2D eigenvalue weighted by Crippen LogP contribution is 2.36. The van der Waals surface area contributed by atoms with Gasteiger partial charge in [-0.25, -0.2) is 8.78 Å². The van der Waals surface area contributed by atoms with E-state index in [-0.39, 0.29) is 29.4 Å². The Morgan fingerprint density at radius 3 is 2.66 bits per heavy atom. The van der Waals surface area contributed by atoms with Crippen LogP contribution in [0.1, 0.15) is 12.5 Å². The number of amides is 2. The summed E-state index contributed by atoms with van der Waals surface area (Å²) in [6, 6.07) is 9.16. The van der Waals surface area contributed by atoms with E-state index in [9.17, 15) is 39.0 Å². The number of aromatic nitrogens is 1. The molecule has 0 saturated carbocycles. The van der Waals surface area contributed by atoms with Crippen molar-refractivity contribution < 1.29 is 48.4 Å². The van der Waals surface area contributed by atoms with E-state index >= 15 is 0 Å². The largest absolute Gasteiger partial charge is 0.492 e. The molecule has 0 radical (unpaired) electrons. The second kappa shape index (κ2) is 17.7. The molecule has 2 aromatic carbocycles. The number of hydrogen-bond donors (Lipinski definition) is 7. The first-order valence-corrected chi connectivity index (χ1v) is 14.3. The maximum absolute atomic E-state index is 13.8. The summed E-state index contributed by atoms with van der Waals surface area (Å²) in [6.45, 7) is 0.367. The number of hydrogen-bond acceptors (Lipinski definition) is 12. The summed E-state index contributed by atoms with van der Waals surface area (Å²) >= 11 is 5.91. The van der Waals surface area contributed by atoms with E-state index in [1.54, 1.807) is 19.1 Å². The molecule has 0 saturated heterocycles.